The summed E-state index contributed by atoms with van der Waals surface area (Å²) in [6, 6.07) is 32.9. The number of para-hydroxylation sites is 2. The van der Waals surface area contributed by atoms with E-state index in [0.717, 1.165) is 16.8 Å². The van der Waals surface area contributed by atoms with Crippen molar-refractivity contribution in [2.45, 2.75) is 19.3 Å². The maximum atomic E-state index is 5.93. The molecule has 8 rings (SSSR count). The number of hydrogen-bond acceptors (Lipinski definition) is 2. The van der Waals surface area contributed by atoms with Crippen molar-refractivity contribution in [2.75, 3.05) is 0 Å². The lowest BCUT2D eigenvalue weighted by molar-refractivity contribution is 0.600. The molecular formula is C32H22N2O. The van der Waals surface area contributed by atoms with E-state index in [-0.39, 0.29) is 5.41 Å². The fourth-order valence-electron chi connectivity index (χ4n) is 6.44. The predicted molar refractivity (Wildman–Crippen MR) is 143 cm³/mol. The lowest BCUT2D eigenvalue weighted by Gasteiger charge is -2.23. The van der Waals surface area contributed by atoms with Crippen molar-refractivity contribution in [3.05, 3.63) is 109 Å². The second kappa shape index (κ2) is 6.39. The van der Waals surface area contributed by atoms with Crippen molar-refractivity contribution < 1.29 is 4.42 Å². The van der Waals surface area contributed by atoms with E-state index in [1.807, 2.05) is 6.07 Å². The third-order valence-electron chi connectivity index (χ3n) is 7.91. The van der Waals surface area contributed by atoms with Crippen LogP contribution in [0.4, 0.5) is 0 Å². The van der Waals surface area contributed by atoms with Crippen LogP contribution in [0.15, 0.2) is 102 Å². The number of rotatable bonds is 1. The van der Waals surface area contributed by atoms with E-state index in [0.29, 0.717) is 0 Å². The van der Waals surface area contributed by atoms with E-state index in [2.05, 4.69) is 108 Å². The van der Waals surface area contributed by atoms with Crippen LogP contribution in [0.1, 0.15) is 25.0 Å². The van der Waals surface area contributed by atoms with Gasteiger partial charge in [-0.3, -0.25) is 0 Å². The lowest BCUT2D eigenvalue weighted by Crippen LogP contribution is -2.15. The summed E-state index contributed by atoms with van der Waals surface area (Å²) in [6.45, 7) is 4.72. The Morgan fingerprint density at radius 1 is 0.743 bits per heavy atom. The summed E-state index contributed by atoms with van der Waals surface area (Å²) >= 11 is 0. The van der Waals surface area contributed by atoms with Crippen LogP contribution in [0, 0.1) is 0 Å². The summed E-state index contributed by atoms with van der Waals surface area (Å²) in [5.74, 6) is 0. The molecule has 0 radical (unpaired) electrons. The maximum absolute atomic E-state index is 5.93. The first kappa shape index (κ1) is 19.0. The third kappa shape index (κ3) is 2.28. The molecule has 0 amide bonds. The first-order valence-corrected chi connectivity index (χ1v) is 12.1. The molecule has 0 atom stereocenters. The van der Waals surface area contributed by atoms with Gasteiger partial charge in [0.05, 0.1) is 16.7 Å². The van der Waals surface area contributed by atoms with Gasteiger partial charge in [0.15, 0.2) is 12.0 Å². The number of fused-ring (bicyclic) bond motifs is 10. The van der Waals surface area contributed by atoms with E-state index in [1.165, 1.54) is 61.2 Å². The highest BCUT2D eigenvalue weighted by Crippen LogP contribution is 2.55. The van der Waals surface area contributed by atoms with E-state index < -0.39 is 0 Å². The number of aromatic nitrogens is 2. The highest BCUT2D eigenvalue weighted by molar-refractivity contribution is 6.17. The SMILES string of the molecule is CC1(C)c2ccc3c4ccccc4n(-c4cccc5ncoc45)c3c2-c2ccc3ccccc3c21. The molecule has 35 heavy (non-hydrogen) atoms. The Kier molecular flexibility index (Phi) is 3.47. The lowest BCUT2D eigenvalue weighted by atomic mass is 9.80. The van der Waals surface area contributed by atoms with Crippen LogP contribution in [0.3, 0.4) is 0 Å². The molecule has 3 nitrogen and oxygen atoms in total. The van der Waals surface area contributed by atoms with Crippen molar-refractivity contribution >= 4 is 43.7 Å². The summed E-state index contributed by atoms with van der Waals surface area (Å²) < 4.78 is 8.31. The van der Waals surface area contributed by atoms with Gasteiger partial charge in [0, 0.05) is 21.8 Å². The molecule has 0 bridgehead atoms. The molecule has 2 heterocycles. The minimum absolute atomic E-state index is 0.112. The van der Waals surface area contributed by atoms with Gasteiger partial charge in [-0.25, -0.2) is 4.98 Å². The van der Waals surface area contributed by atoms with Crippen molar-refractivity contribution in [3.63, 3.8) is 0 Å². The van der Waals surface area contributed by atoms with Crippen molar-refractivity contribution in [1.29, 1.82) is 0 Å². The van der Waals surface area contributed by atoms with Gasteiger partial charge in [-0.1, -0.05) is 86.6 Å². The normalized spacial score (nSPS) is 14.2. The van der Waals surface area contributed by atoms with Crippen LogP contribution in [-0.2, 0) is 5.41 Å². The fraction of sp³-hybridized carbons (Fsp3) is 0.0938. The monoisotopic (exact) mass is 450 g/mol. The van der Waals surface area contributed by atoms with Crippen molar-refractivity contribution in [3.8, 4) is 16.8 Å². The van der Waals surface area contributed by atoms with Crippen LogP contribution in [0.25, 0.3) is 60.5 Å². The van der Waals surface area contributed by atoms with Gasteiger partial charge in [0.2, 0.25) is 0 Å². The average molecular weight is 451 g/mol. The molecule has 1 aliphatic rings. The summed E-state index contributed by atoms with van der Waals surface area (Å²) in [6.07, 6.45) is 1.54. The zero-order valence-corrected chi connectivity index (χ0v) is 19.5. The zero-order valence-electron chi connectivity index (χ0n) is 19.5. The number of hydrogen-bond donors (Lipinski definition) is 0. The second-order valence-electron chi connectivity index (χ2n) is 10.0. The van der Waals surface area contributed by atoms with E-state index in [1.54, 1.807) is 0 Å². The maximum Gasteiger partial charge on any atom is 0.182 e. The first-order valence-electron chi connectivity index (χ1n) is 12.1. The average Bonchev–Trinajstić information content (AvgIpc) is 3.56. The molecule has 166 valence electrons. The van der Waals surface area contributed by atoms with Crippen LogP contribution >= 0.6 is 0 Å². The molecule has 7 aromatic rings. The predicted octanol–water partition coefficient (Wildman–Crippen LogP) is 8.38. The fourth-order valence-corrected chi connectivity index (χ4v) is 6.44. The molecule has 0 N–H and O–H groups in total. The minimum Gasteiger partial charge on any atom is -0.441 e. The van der Waals surface area contributed by atoms with E-state index in [9.17, 15) is 0 Å². The molecule has 5 aromatic carbocycles. The van der Waals surface area contributed by atoms with Crippen molar-refractivity contribution in [2.24, 2.45) is 0 Å². The van der Waals surface area contributed by atoms with Crippen molar-refractivity contribution in [1.82, 2.24) is 9.55 Å². The van der Waals surface area contributed by atoms with Crippen LogP contribution < -0.4 is 0 Å². The second-order valence-corrected chi connectivity index (χ2v) is 10.0. The highest BCUT2D eigenvalue weighted by atomic mass is 16.3. The molecule has 0 fully saturated rings. The highest BCUT2D eigenvalue weighted by Gasteiger charge is 2.39. The van der Waals surface area contributed by atoms with E-state index in [4.69, 9.17) is 4.42 Å². The summed E-state index contributed by atoms with van der Waals surface area (Å²) in [7, 11) is 0. The largest absolute Gasteiger partial charge is 0.441 e. The third-order valence-corrected chi connectivity index (χ3v) is 7.91. The molecule has 0 unspecified atom stereocenters. The Hall–Kier alpha value is -4.37. The molecule has 0 spiro atoms. The molecule has 0 saturated heterocycles. The molecule has 0 aliphatic heterocycles. The van der Waals surface area contributed by atoms with Gasteiger partial charge in [-0.15, -0.1) is 0 Å². The molecule has 0 saturated carbocycles. The van der Waals surface area contributed by atoms with Gasteiger partial charge in [-0.2, -0.15) is 0 Å². The van der Waals surface area contributed by atoms with Crippen LogP contribution in [0.5, 0.6) is 0 Å². The Balaban J connectivity index is 1.62. The van der Waals surface area contributed by atoms with Crippen LogP contribution in [-0.4, -0.2) is 9.55 Å². The Labute approximate surface area is 202 Å². The van der Waals surface area contributed by atoms with Gasteiger partial charge in [-0.05, 0) is 45.7 Å². The smallest absolute Gasteiger partial charge is 0.182 e. The molecule has 2 aromatic heterocycles. The Bertz CT molecular complexity index is 1990. The molecule has 3 heteroatoms. The molecule has 1 aliphatic carbocycles. The van der Waals surface area contributed by atoms with E-state index >= 15 is 0 Å². The van der Waals surface area contributed by atoms with Gasteiger partial charge >= 0.3 is 0 Å². The zero-order chi connectivity index (χ0) is 23.3. The number of benzene rings is 5. The Morgan fingerprint density at radius 2 is 1.57 bits per heavy atom. The first-order chi connectivity index (χ1) is 17.1. The van der Waals surface area contributed by atoms with Crippen LogP contribution in [0.2, 0.25) is 0 Å². The van der Waals surface area contributed by atoms with Gasteiger partial charge in [0.1, 0.15) is 5.52 Å². The summed E-state index contributed by atoms with van der Waals surface area (Å²) in [5, 5.41) is 5.12. The standard InChI is InChI=1S/C32H22N2O/c1-32(2)24-17-16-22-21-10-5-6-12-26(21)34(27-13-7-11-25-31(27)35-18-33-25)30(22)28(24)23-15-14-19-8-3-4-9-20(19)29(23)32/h3-18H,1-2H3. The van der Waals surface area contributed by atoms with Gasteiger partial charge in [0.25, 0.3) is 0 Å². The Morgan fingerprint density at radius 3 is 2.49 bits per heavy atom. The molecular weight excluding hydrogens is 428 g/mol. The summed E-state index contributed by atoms with van der Waals surface area (Å²) in [5.41, 5.74) is 10.4. The topological polar surface area (TPSA) is 31.0 Å². The summed E-state index contributed by atoms with van der Waals surface area (Å²) in [4.78, 5) is 4.44. The minimum atomic E-state index is -0.112. The number of nitrogens with zero attached hydrogens (tertiary/aromatic N) is 2. The number of oxazole rings is 1. The van der Waals surface area contributed by atoms with Gasteiger partial charge < -0.3 is 8.98 Å². The quantitative estimate of drug-likeness (QED) is 0.251.